The number of hydrogen-bond acceptors (Lipinski definition) is 8. The Morgan fingerprint density at radius 3 is 2.59 bits per heavy atom. The third kappa shape index (κ3) is 5.51. The van der Waals surface area contributed by atoms with Gasteiger partial charge in [0.2, 0.25) is 5.82 Å². The molecule has 180 valence electrons. The molecule has 0 bridgehead atoms. The molecule has 0 aliphatic carbocycles. The molecule has 2 N–H and O–H groups in total. The fraction of sp³-hybridized carbons (Fsp3) is 0.364. The zero-order chi connectivity index (χ0) is 24.5. The number of aromatic nitrogens is 3. The number of alkyl halides is 3. The van der Waals surface area contributed by atoms with Crippen LogP contribution in [0.15, 0.2) is 36.8 Å². The standard InChI is InChI=1S/C22H21F3N4O4S/c1-11-7-26-20(34-11)13-3-4-17(33-15-6-18(30)32-10-15)16(5-13)19(31)29-12(2)14-8-27-21(28-9-14)22(23,24)25/h3-5,7-9,12,15,18,30H,6,10H2,1-2H3,(H,29,31)/t12-,15-,18-/m1/s1. The third-order valence-electron chi connectivity index (χ3n) is 5.10. The van der Waals surface area contributed by atoms with Gasteiger partial charge in [0.25, 0.3) is 5.91 Å². The minimum atomic E-state index is -4.65. The van der Waals surface area contributed by atoms with Gasteiger partial charge in [-0.25, -0.2) is 15.0 Å². The van der Waals surface area contributed by atoms with Crippen molar-refractivity contribution < 1.29 is 32.5 Å². The Hall–Kier alpha value is -3.09. The van der Waals surface area contributed by atoms with E-state index < -0.39 is 36.3 Å². The molecule has 0 unspecified atom stereocenters. The van der Waals surface area contributed by atoms with Gasteiger partial charge in [0.05, 0.1) is 18.2 Å². The number of ether oxygens (including phenoxy) is 2. The molecular formula is C22H21F3N4O4S. The van der Waals surface area contributed by atoms with Crippen LogP contribution < -0.4 is 10.1 Å². The van der Waals surface area contributed by atoms with E-state index in [4.69, 9.17) is 9.47 Å². The van der Waals surface area contributed by atoms with Crippen LogP contribution in [0.4, 0.5) is 13.2 Å². The first-order chi connectivity index (χ1) is 16.1. The van der Waals surface area contributed by atoms with Crippen molar-refractivity contribution >= 4 is 17.2 Å². The number of benzene rings is 1. The molecule has 1 aliphatic heterocycles. The summed E-state index contributed by atoms with van der Waals surface area (Å²) in [7, 11) is 0. The molecule has 8 nitrogen and oxygen atoms in total. The maximum Gasteiger partial charge on any atom is 0.451 e. The Labute approximate surface area is 196 Å². The average molecular weight is 494 g/mol. The molecule has 3 atom stereocenters. The first-order valence-electron chi connectivity index (χ1n) is 10.3. The summed E-state index contributed by atoms with van der Waals surface area (Å²) in [5.41, 5.74) is 1.23. The van der Waals surface area contributed by atoms with Gasteiger partial charge < -0.3 is 19.9 Å². The molecule has 0 radical (unpaired) electrons. The zero-order valence-corrected chi connectivity index (χ0v) is 19.0. The number of nitrogens with one attached hydrogen (secondary N) is 1. The second-order valence-corrected chi connectivity index (χ2v) is 9.02. The molecule has 1 saturated heterocycles. The highest BCUT2D eigenvalue weighted by Gasteiger charge is 2.34. The molecule has 0 spiro atoms. The molecule has 1 aromatic carbocycles. The lowest BCUT2D eigenvalue weighted by Crippen LogP contribution is -2.28. The maximum atomic E-state index is 13.2. The largest absolute Gasteiger partial charge is 0.487 e. The van der Waals surface area contributed by atoms with Crippen LogP contribution in [0.5, 0.6) is 5.75 Å². The quantitative estimate of drug-likeness (QED) is 0.535. The molecular weight excluding hydrogens is 473 g/mol. The van der Waals surface area contributed by atoms with Crippen molar-refractivity contribution in [1.29, 1.82) is 0 Å². The molecule has 4 rings (SSSR count). The van der Waals surface area contributed by atoms with E-state index in [1.807, 2.05) is 6.92 Å². The first-order valence-corrected chi connectivity index (χ1v) is 11.1. The zero-order valence-electron chi connectivity index (χ0n) is 18.2. The summed E-state index contributed by atoms with van der Waals surface area (Å²) in [6.07, 6.45) is -1.96. The molecule has 1 amide bonds. The van der Waals surface area contributed by atoms with E-state index in [0.29, 0.717) is 11.1 Å². The SMILES string of the molecule is Cc1cnc(-c2ccc(O[C@H]3CO[C@@H](O)C3)c(C(=O)N[C@H](C)c3cnc(C(F)(F)F)nc3)c2)s1. The summed E-state index contributed by atoms with van der Waals surface area (Å²) in [5, 5.41) is 13.1. The predicted octanol–water partition coefficient (Wildman–Crippen LogP) is 3.90. The number of halogens is 3. The van der Waals surface area contributed by atoms with Gasteiger partial charge in [0, 0.05) is 41.0 Å². The van der Waals surface area contributed by atoms with Crippen molar-refractivity contribution in [1.82, 2.24) is 20.3 Å². The minimum absolute atomic E-state index is 0.176. The number of aliphatic hydroxyl groups is 1. The molecule has 3 aromatic rings. The number of thiazole rings is 1. The summed E-state index contributed by atoms with van der Waals surface area (Å²) < 4.78 is 49.2. The monoisotopic (exact) mass is 494 g/mol. The van der Waals surface area contributed by atoms with Gasteiger partial charge in [-0.15, -0.1) is 11.3 Å². The Kier molecular flexibility index (Phi) is 6.82. The van der Waals surface area contributed by atoms with Gasteiger partial charge in [-0.3, -0.25) is 4.79 Å². The van der Waals surface area contributed by atoms with E-state index in [9.17, 15) is 23.1 Å². The van der Waals surface area contributed by atoms with Crippen LogP contribution in [0.2, 0.25) is 0 Å². The van der Waals surface area contributed by atoms with E-state index in [-0.39, 0.29) is 24.3 Å². The van der Waals surface area contributed by atoms with Crippen LogP contribution in [0.1, 0.15) is 46.0 Å². The highest BCUT2D eigenvalue weighted by molar-refractivity contribution is 7.14. The van der Waals surface area contributed by atoms with Crippen LogP contribution in [0, 0.1) is 6.92 Å². The molecule has 0 saturated carbocycles. The van der Waals surface area contributed by atoms with E-state index in [1.165, 1.54) is 11.3 Å². The van der Waals surface area contributed by atoms with Gasteiger partial charge in [0.15, 0.2) is 6.29 Å². The number of aryl methyl sites for hydroxylation is 1. The Morgan fingerprint density at radius 1 is 1.26 bits per heavy atom. The topological polar surface area (TPSA) is 106 Å². The Bertz CT molecular complexity index is 1170. The van der Waals surface area contributed by atoms with Gasteiger partial charge in [-0.1, -0.05) is 0 Å². The highest BCUT2D eigenvalue weighted by Crippen LogP contribution is 2.32. The van der Waals surface area contributed by atoms with Gasteiger partial charge in [-0.05, 0) is 32.0 Å². The summed E-state index contributed by atoms with van der Waals surface area (Å²) >= 11 is 1.47. The first kappa shape index (κ1) is 24.0. The summed E-state index contributed by atoms with van der Waals surface area (Å²) in [6, 6.07) is 4.40. The van der Waals surface area contributed by atoms with Crippen LogP contribution in [-0.2, 0) is 10.9 Å². The Balaban J connectivity index is 1.58. The summed E-state index contributed by atoms with van der Waals surface area (Å²) in [5.74, 6) is -1.47. The van der Waals surface area contributed by atoms with Crippen molar-refractivity contribution in [3.05, 3.63) is 58.6 Å². The van der Waals surface area contributed by atoms with Crippen LogP contribution in [0.3, 0.4) is 0 Å². The van der Waals surface area contributed by atoms with Crippen LogP contribution in [-0.4, -0.2) is 45.0 Å². The Morgan fingerprint density at radius 2 is 2.00 bits per heavy atom. The number of carbonyl (C=O) groups excluding carboxylic acids is 1. The fourth-order valence-electron chi connectivity index (χ4n) is 3.34. The summed E-state index contributed by atoms with van der Waals surface area (Å²) in [6.45, 7) is 3.71. The van der Waals surface area contributed by atoms with E-state index in [0.717, 1.165) is 22.3 Å². The number of nitrogens with zero attached hydrogens (tertiary/aromatic N) is 3. The molecule has 1 aliphatic rings. The second-order valence-electron chi connectivity index (χ2n) is 7.78. The molecule has 12 heteroatoms. The lowest BCUT2D eigenvalue weighted by molar-refractivity contribution is -0.145. The second kappa shape index (κ2) is 9.65. The van der Waals surface area contributed by atoms with E-state index >= 15 is 0 Å². The highest BCUT2D eigenvalue weighted by atomic mass is 32.1. The maximum absolute atomic E-state index is 13.2. The number of amides is 1. The lowest BCUT2D eigenvalue weighted by atomic mass is 10.1. The molecule has 1 fully saturated rings. The molecule has 3 heterocycles. The van der Waals surface area contributed by atoms with Gasteiger partial charge in [-0.2, -0.15) is 13.2 Å². The van der Waals surface area contributed by atoms with E-state index in [2.05, 4.69) is 20.3 Å². The van der Waals surface area contributed by atoms with Gasteiger partial charge in [0.1, 0.15) is 16.9 Å². The van der Waals surface area contributed by atoms with Gasteiger partial charge >= 0.3 is 6.18 Å². The number of carbonyl (C=O) groups is 1. The van der Waals surface area contributed by atoms with E-state index in [1.54, 1.807) is 31.3 Å². The fourth-order valence-corrected chi connectivity index (χ4v) is 4.10. The normalized spacial score (nSPS) is 19.1. The van der Waals surface area contributed by atoms with Crippen LogP contribution in [0.25, 0.3) is 10.6 Å². The molecule has 34 heavy (non-hydrogen) atoms. The smallest absolute Gasteiger partial charge is 0.451 e. The summed E-state index contributed by atoms with van der Waals surface area (Å²) in [4.78, 5) is 25.2. The lowest BCUT2D eigenvalue weighted by Gasteiger charge is -2.19. The number of rotatable bonds is 6. The molecule has 2 aromatic heterocycles. The average Bonchev–Trinajstić information content (AvgIpc) is 3.41. The minimum Gasteiger partial charge on any atom is -0.487 e. The van der Waals surface area contributed by atoms with Crippen molar-refractivity contribution in [2.24, 2.45) is 0 Å². The number of aliphatic hydroxyl groups excluding tert-OH is 1. The van der Waals surface area contributed by atoms with Crippen molar-refractivity contribution in [3.63, 3.8) is 0 Å². The third-order valence-corrected chi connectivity index (χ3v) is 6.06. The predicted molar refractivity (Wildman–Crippen MR) is 116 cm³/mol. The number of hydrogen-bond donors (Lipinski definition) is 2. The van der Waals surface area contributed by atoms with Crippen LogP contribution >= 0.6 is 11.3 Å². The van der Waals surface area contributed by atoms with Crippen molar-refractivity contribution in [2.75, 3.05) is 6.61 Å². The van der Waals surface area contributed by atoms with Crippen molar-refractivity contribution in [3.8, 4) is 16.3 Å². The van der Waals surface area contributed by atoms with Crippen molar-refractivity contribution in [2.45, 2.75) is 44.9 Å².